The molecule has 0 fully saturated rings. The van der Waals surface area contributed by atoms with Crippen LogP contribution in [0.15, 0.2) is 42.5 Å². The van der Waals surface area contributed by atoms with Crippen LogP contribution in [-0.2, 0) is 9.53 Å². The lowest BCUT2D eigenvalue weighted by Gasteiger charge is -2.13. The molecule has 0 saturated heterocycles. The number of benzene rings is 2. The van der Waals surface area contributed by atoms with Gasteiger partial charge in [-0.2, -0.15) is 0 Å². The number of urea groups is 1. The lowest BCUT2D eigenvalue weighted by Crippen LogP contribution is -2.34. The molecule has 0 aliphatic rings. The first-order valence-electron chi connectivity index (χ1n) is 8.66. The molecule has 8 heteroatoms. The van der Waals surface area contributed by atoms with Crippen molar-refractivity contribution in [3.05, 3.63) is 58.6 Å². The van der Waals surface area contributed by atoms with E-state index < -0.39 is 24.5 Å². The zero-order valence-corrected chi connectivity index (χ0v) is 16.6. The predicted molar refractivity (Wildman–Crippen MR) is 109 cm³/mol. The van der Waals surface area contributed by atoms with Crippen LogP contribution in [0.5, 0.6) is 0 Å². The minimum atomic E-state index is -0.724. The number of halogens is 1. The van der Waals surface area contributed by atoms with Crippen molar-refractivity contribution in [1.82, 2.24) is 5.32 Å². The fourth-order valence-corrected chi connectivity index (χ4v) is 2.50. The van der Waals surface area contributed by atoms with Crippen molar-refractivity contribution in [2.45, 2.75) is 26.8 Å². The van der Waals surface area contributed by atoms with Crippen molar-refractivity contribution in [2.75, 3.05) is 17.2 Å². The van der Waals surface area contributed by atoms with E-state index in [1.807, 2.05) is 13.8 Å². The topological polar surface area (TPSA) is 96.5 Å². The lowest BCUT2D eigenvalue weighted by molar-refractivity contribution is -0.119. The molecule has 0 spiro atoms. The number of hydrogen-bond acceptors (Lipinski definition) is 4. The molecule has 3 amide bonds. The van der Waals surface area contributed by atoms with E-state index in [0.29, 0.717) is 10.7 Å². The molecule has 2 aromatic carbocycles. The lowest BCUT2D eigenvalue weighted by atomic mass is 10.2. The number of para-hydroxylation sites is 1. The Balaban J connectivity index is 1.98. The summed E-state index contributed by atoms with van der Waals surface area (Å²) in [6, 6.07) is 11.0. The van der Waals surface area contributed by atoms with E-state index in [1.165, 1.54) is 6.07 Å². The fraction of sp³-hybridized carbons (Fsp3) is 0.250. The summed E-state index contributed by atoms with van der Waals surface area (Å²) in [7, 11) is 0. The molecule has 0 radical (unpaired) electrons. The van der Waals surface area contributed by atoms with Gasteiger partial charge in [-0.15, -0.1) is 0 Å². The molecule has 0 atom stereocenters. The van der Waals surface area contributed by atoms with Crippen LogP contribution in [0.2, 0.25) is 5.02 Å². The highest BCUT2D eigenvalue weighted by molar-refractivity contribution is 6.31. The summed E-state index contributed by atoms with van der Waals surface area (Å²) in [6.45, 7) is 4.94. The van der Waals surface area contributed by atoms with Crippen molar-refractivity contribution in [3.63, 3.8) is 0 Å². The monoisotopic (exact) mass is 403 g/mol. The second kappa shape index (κ2) is 9.75. The summed E-state index contributed by atoms with van der Waals surface area (Å²) in [5.74, 6) is -1.22. The van der Waals surface area contributed by atoms with Crippen molar-refractivity contribution >= 4 is 40.9 Å². The molecular weight excluding hydrogens is 382 g/mol. The number of carbonyl (C=O) groups is 3. The standard InChI is InChI=1S/C20H22ClN3O4/c1-12(2)22-20(27)24-17-9-5-4-7-14(17)19(26)28-11-18(25)23-16-10-6-8-15(21)13(16)3/h4-10,12H,11H2,1-3H3,(H,23,25)(H2,22,24,27). The number of amides is 3. The van der Waals surface area contributed by atoms with E-state index in [-0.39, 0.29) is 17.3 Å². The Bertz CT molecular complexity index is 884. The van der Waals surface area contributed by atoms with Gasteiger partial charge < -0.3 is 20.7 Å². The van der Waals surface area contributed by atoms with E-state index in [1.54, 1.807) is 43.3 Å². The summed E-state index contributed by atoms with van der Waals surface area (Å²) in [5.41, 5.74) is 1.69. The third-order valence-electron chi connectivity index (χ3n) is 3.69. The van der Waals surface area contributed by atoms with E-state index in [0.717, 1.165) is 5.56 Å². The van der Waals surface area contributed by atoms with Crippen LogP contribution in [0.25, 0.3) is 0 Å². The highest BCUT2D eigenvalue weighted by atomic mass is 35.5. The molecule has 28 heavy (non-hydrogen) atoms. The van der Waals surface area contributed by atoms with Gasteiger partial charge in [-0.25, -0.2) is 9.59 Å². The molecular formula is C20H22ClN3O4. The molecule has 0 saturated carbocycles. The first-order valence-corrected chi connectivity index (χ1v) is 9.04. The van der Waals surface area contributed by atoms with Crippen LogP contribution in [0.4, 0.5) is 16.2 Å². The maximum absolute atomic E-state index is 12.4. The molecule has 148 valence electrons. The second-order valence-corrected chi connectivity index (χ2v) is 6.74. The number of rotatable bonds is 6. The van der Waals surface area contributed by atoms with Crippen molar-refractivity contribution in [3.8, 4) is 0 Å². The van der Waals surface area contributed by atoms with Crippen LogP contribution in [-0.4, -0.2) is 30.6 Å². The number of nitrogens with one attached hydrogen (secondary N) is 3. The maximum Gasteiger partial charge on any atom is 0.340 e. The van der Waals surface area contributed by atoms with Gasteiger partial charge >= 0.3 is 12.0 Å². The largest absolute Gasteiger partial charge is 0.452 e. The Morgan fingerprint density at radius 2 is 1.68 bits per heavy atom. The molecule has 0 bridgehead atoms. The Hall–Kier alpha value is -3.06. The van der Waals surface area contributed by atoms with Crippen LogP contribution in [0, 0.1) is 6.92 Å². The van der Waals surface area contributed by atoms with E-state index >= 15 is 0 Å². The SMILES string of the molecule is Cc1c(Cl)cccc1NC(=O)COC(=O)c1ccccc1NC(=O)NC(C)C. The van der Waals surface area contributed by atoms with Gasteiger partial charge in [0, 0.05) is 16.8 Å². The number of carbonyl (C=O) groups excluding carboxylic acids is 3. The van der Waals surface area contributed by atoms with Crippen molar-refractivity contribution in [2.24, 2.45) is 0 Å². The van der Waals surface area contributed by atoms with Crippen molar-refractivity contribution in [1.29, 1.82) is 0 Å². The summed E-state index contributed by atoms with van der Waals surface area (Å²) in [4.78, 5) is 36.3. The average molecular weight is 404 g/mol. The summed E-state index contributed by atoms with van der Waals surface area (Å²) in [5, 5.41) is 8.43. The second-order valence-electron chi connectivity index (χ2n) is 6.34. The van der Waals surface area contributed by atoms with Gasteiger partial charge in [0.05, 0.1) is 11.3 Å². The molecule has 0 unspecified atom stereocenters. The first-order chi connectivity index (χ1) is 13.3. The van der Waals surface area contributed by atoms with Crippen LogP contribution >= 0.6 is 11.6 Å². The molecule has 2 aromatic rings. The molecule has 0 aliphatic heterocycles. The van der Waals surface area contributed by atoms with Crippen LogP contribution in [0.3, 0.4) is 0 Å². The van der Waals surface area contributed by atoms with E-state index in [9.17, 15) is 14.4 Å². The predicted octanol–water partition coefficient (Wildman–Crippen LogP) is 3.97. The Kier molecular flexibility index (Phi) is 7.40. The van der Waals surface area contributed by atoms with Crippen LogP contribution < -0.4 is 16.0 Å². The molecule has 0 aromatic heterocycles. The minimum absolute atomic E-state index is 0.0576. The minimum Gasteiger partial charge on any atom is -0.452 e. The Morgan fingerprint density at radius 3 is 2.39 bits per heavy atom. The summed E-state index contributed by atoms with van der Waals surface area (Å²) < 4.78 is 5.08. The highest BCUT2D eigenvalue weighted by Crippen LogP contribution is 2.23. The first kappa shape index (κ1) is 21.2. The van der Waals surface area contributed by atoms with Gasteiger partial charge in [0.1, 0.15) is 0 Å². The Labute approximate surface area is 168 Å². The molecule has 0 aliphatic carbocycles. The van der Waals surface area contributed by atoms with Gasteiger partial charge in [0.15, 0.2) is 6.61 Å². The summed E-state index contributed by atoms with van der Waals surface area (Å²) >= 11 is 6.02. The Morgan fingerprint density at radius 1 is 1.00 bits per heavy atom. The van der Waals surface area contributed by atoms with Gasteiger partial charge in [-0.05, 0) is 50.6 Å². The third-order valence-corrected chi connectivity index (χ3v) is 4.10. The quantitative estimate of drug-likeness (QED) is 0.635. The average Bonchev–Trinajstić information content (AvgIpc) is 2.63. The zero-order chi connectivity index (χ0) is 20.7. The smallest absolute Gasteiger partial charge is 0.340 e. The van der Waals surface area contributed by atoms with Crippen molar-refractivity contribution < 1.29 is 19.1 Å². The van der Waals surface area contributed by atoms with E-state index in [4.69, 9.17) is 16.3 Å². The third kappa shape index (κ3) is 5.99. The molecule has 2 rings (SSSR count). The van der Waals surface area contributed by atoms with Gasteiger partial charge in [0.25, 0.3) is 5.91 Å². The number of anilines is 2. The number of ether oxygens (including phenoxy) is 1. The molecule has 0 heterocycles. The molecule has 7 nitrogen and oxygen atoms in total. The van der Waals surface area contributed by atoms with E-state index in [2.05, 4.69) is 16.0 Å². The maximum atomic E-state index is 12.4. The molecule has 3 N–H and O–H groups in total. The zero-order valence-electron chi connectivity index (χ0n) is 15.8. The number of hydrogen-bond donors (Lipinski definition) is 3. The highest BCUT2D eigenvalue weighted by Gasteiger charge is 2.16. The van der Waals surface area contributed by atoms with Gasteiger partial charge in [-0.1, -0.05) is 29.8 Å². The normalized spacial score (nSPS) is 10.3. The number of esters is 1. The summed E-state index contributed by atoms with van der Waals surface area (Å²) in [6.07, 6.45) is 0. The van der Waals surface area contributed by atoms with Gasteiger partial charge in [-0.3, -0.25) is 4.79 Å². The fourth-order valence-electron chi connectivity index (χ4n) is 2.33. The van der Waals surface area contributed by atoms with Crippen LogP contribution in [0.1, 0.15) is 29.8 Å². The van der Waals surface area contributed by atoms with Gasteiger partial charge in [0.2, 0.25) is 0 Å².